The molecule has 2 amide bonds. The number of imidazole rings is 2. The molecule has 10 heterocycles. The lowest BCUT2D eigenvalue weighted by atomic mass is 9.69. The van der Waals surface area contributed by atoms with Crippen molar-refractivity contribution in [3.8, 4) is 22.5 Å². The molecule has 0 aliphatic carbocycles. The molecule has 618 valence electrons. The number of carbonyl (C=O) groups excluding carboxylic acids is 9. The summed E-state index contributed by atoms with van der Waals surface area (Å²) in [5, 5.41) is 22.2. The summed E-state index contributed by atoms with van der Waals surface area (Å²) in [4.78, 5) is 147. The van der Waals surface area contributed by atoms with E-state index in [0.29, 0.717) is 63.8 Å². The van der Waals surface area contributed by atoms with Crippen molar-refractivity contribution in [2.75, 3.05) is 19.7 Å². The molecule has 2 N–H and O–H groups in total. The van der Waals surface area contributed by atoms with E-state index < -0.39 is 161 Å². The van der Waals surface area contributed by atoms with Gasteiger partial charge in [-0.15, -0.1) is 0 Å². The van der Waals surface area contributed by atoms with Gasteiger partial charge in [-0.25, -0.2) is 19.6 Å². The third-order valence-electron chi connectivity index (χ3n) is 25.0. The number of aldehydes is 1. The van der Waals surface area contributed by atoms with Crippen LogP contribution >= 0.6 is 0 Å². The van der Waals surface area contributed by atoms with Crippen molar-refractivity contribution >= 4 is 53.5 Å². The molecule has 0 aromatic carbocycles. The summed E-state index contributed by atoms with van der Waals surface area (Å²) in [6, 6.07) is 5.54. The molecule has 6 aliphatic heterocycles. The number of unbranched alkanes of at least 4 members (excludes halogenated alkanes) is 2. The Morgan fingerprint density at radius 3 is 1.43 bits per heavy atom. The van der Waals surface area contributed by atoms with Gasteiger partial charge in [0, 0.05) is 116 Å². The number of hydrogen-bond acceptors (Lipinski definition) is 23. The molecule has 4 aromatic rings. The van der Waals surface area contributed by atoms with Gasteiger partial charge in [0.1, 0.15) is 35.6 Å². The number of aryl methyl sites for hydroxylation is 2. The predicted molar refractivity (Wildman–Crippen MR) is 414 cm³/mol. The molecule has 0 bridgehead atoms. The number of aliphatic hydroxyl groups is 2. The van der Waals surface area contributed by atoms with Crippen molar-refractivity contribution in [1.82, 2.24) is 38.9 Å². The first-order valence-electron chi connectivity index (χ1n) is 40.7. The van der Waals surface area contributed by atoms with Crippen LogP contribution in [-0.4, -0.2) is 201 Å². The van der Waals surface area contributed by atoms with Crippen LogP contribution in [0.2, 0.25) is 0 Å². The summed E-state index contributed by atoms with van der Waals surface area (Å²) in [5.74, 6) is -9.50. The van der Waals surface area contributed by atoms with Crippen LogP contribution in [-0.2, 0) is 84.5 Å². The Kier molecular flexibility index (Phi) is 29.4. The first kappa shape index (κ1) is 88.3. The zero-order valence-corrected chi connectivity index (χ0v) is 69.2. The lowest BCUT2D eigenvalue weighted by Crippen LogP contribution is -2.61. The highest BCUT2D eigenvalue weighted by Crippen LogP contribution is 2.48. The van der Waals surface area contributed by atoms with E-state index in [1.165, 1.54) is 23.6 Å². The van der Waals surface area contributed by atoms with Gasteiger partial charge in [0.15, 0.2) is 42.1 Å². The Bertz CT molecular complexity index is 3890. The molecule has 0 unspecified atom stereocenters. The van der Waals surface area contributed by atoms with E-state index in [9.17, 15) is 53.4 Å². The number of fused-ring (bicyclic) bond motifs is 2. The zero-order chi connectivity index (χ0) is 82.2. The smallest absolute Gasteiger partial charge is 0.411 e. The van der Waals surface area contributed by atoms with Crippen molar-refractivity contribution < 1.29 is 91.3 Å². The van der Waals surface area contributed by atoms with Crippen LogP contribution in [0.25, 0.3) is 22.5 Å². The van der Waals surface area contributed by atoms with Crippen LogP contribution in [0.15, 0.2) is 74.1 Å². The number of pyridine rings is 2. The number of aliphatic hydroxyl groups excluding tert-OH is 2. The van der Waals surface area contributed by atoms with E-state index in [2.05, 4.69) is 33.8 Å². The minimum atomic E-state index is -2.00. The second-order valence-electron chi connectivity index (χ2n) is 34.6. The summed E-state index contributed by atoms with van der Waals surface area (Å²) < 4.78 is 53.7. The monoisotopic (exact) mass is 1560 g/mol. The van der Waals surface area contributed by atoms with Gasteiger partial charge in [-0.1, -0.05) is 104 Å². The molecule has 0 radical (unpaired) electrons. The summed E-state index contributed by atoms with van der Waals surface area (Å²) in [6.45, 7) is 35.8. The van der Waals surface area contributed by atoms with Crippen molar-refractivity contribution in [1.29, 1.82) is 0 Å². The molecule has 6 saturated heterocycles. The molecular formula is C85H124N8O19. The van der Waals surface area contributed by atoms with Crippen LogP contribution in [0.4, 0.5) is 9.59 Å². The first-order valence-corrected chi connectivity index (χ1v) is 40.7. The third kappa shape index (κ3) is 19.1. The average molecular weight is 1560 g/mol. The maximum atomic E-state index is 14.7. The number of nitrogens with zero attached hydrogens (tertiary/aromatic N) is 8. The predicted octanol–water partition coefficient (Wildman–Crippen LogP) is 11.9. The summed E-state index contributed by atoms with van der Waals surface area (Å²) in [5.41, 5.74) is -1.92. The van der Waals surface area contributed by atoms with E-state index >= 15 is 0 Å². The maximum absolute atomic E-state index is 14.7. The molecule has 0 saturated carbocycles. The number of rotatable bonds is 20. The van der Waals surface area contributed by atoms with Crippen LogP contribution < -0.4 is 0 Å². The summed E-state index contributed by atoms with van der Waals surface area (Å²) >= 11 is 0. The minimum absolute atomic E-state index is 0.0256. The number of ether oxygens (including phenoxy) is 8. The second kappa shape index (κ2) is 37.3. The highest BCUT2D eigenvalue weighted by Gasteiger charge is 2.65. The fraction of sp³-hybridized carbons (Fsp3) is 0.706. The van der Waals surface area contributed by atoms with Gasteiger partial charge in [0.05, 0.1) is 67.1 Å². The number of Topliss-reactive ketones (excluding diaryl/α,β-unsaturated/α-hetero) is 4. The number of hydrogen-bond donors (Lipinski definition) is 2. The Labute approximate surface area is 660 Å². The molecule has 4 aromatic heterocycles. The number of carbonyl (C=O) groups is 9. The number of cyclic esters (lactones) is 2. The number of esters is 2. The Balaban J connectivity index is 0.000000257. The molecule has 27 heteroatoms. The van der Waals surface area contributed by atoms with E-state index in [0.717, 1.165) is 28.9 Å². The van der Waals surface area contributed by atoms with Crippen LogP contribution in [0.3, 0.4) is 0 Å². The van der Waals surface area contributed by atoms with Crippen LogP contribution in [0.1, 0.15) is 196 Å². The third-order valence-corrected chi connectivity index (χ3v) is 25.0. The maximum Gasteiger partial charge on any atom is 0.411 e. The Hall–Kier alpha value is -7.69. The minimum Gasteiger partial charge on any atom is -0.457 e. The van der Waals surface area contributed by atoms with Crippen molar-refractivity contribution in [2.24, 2.45) is 75.9 Å². The van der Waals surface area contributed by atoms with Gasteiger partial charge in [0.2, 0.25) is 5.60 Å². The quantitative estimate of drug-likeness (QED) is 0.0273. The lowest BCUT2D eigenvalue weighted by Gasteiger charge is -2.46. The summed E-state index contributed by atoms with van der Waals surface area (Å²) in [7, 11) is 0. The Morgan fingerprint density at radius 2 is 0.973 bits per heavy atom. The Morgan fingerprint density at radius 1 is 0.545 bits per heavy atom. The highest BCUT2D eigenvalue weighted by atomic mass is 16.7. The van der Waals surface area contributed by atoms with E-state index in [1.807, 2.05) is 101 Å². The van der Waals surface area contributed by atoms with Gasteiger partial charge in [-0.3, -0.25) is 48.4 Å². The van der Waals surface area contributed by atoms with E-state index in [4.69, 9.17) is 37.9 Å². The lowest BCUT2D eigenvalue weighted by molar-refractivity contribution is -0.284. The molecule has 0 spiro atoms. The average Bonchev–Trinajstić information content (AvgIpc) is 1.60. The fourth-order valence-corrected chi connectivity index (χ4v) is 18.7. The topological polar surface area (TPSA) is 336 Å². The van der Waals surface area contributed by atoms with Crippen molar-refractivity contribution in [3.05, 3.63) is 74.1 Å². The van der Waals surface area contributed by atoms with Gasteiger partial charge < -0.3 is 62.1 Å². The molecule has 27 nitrogen and oxygen atoms in total. The molecular weight excluding hydrogens is 1440 g/mol. The van der Waals surface area contributed by atoms with Crippen LogP contribution in [0, 0.1) is 75.9 Å². The molecule has 24 atom stereocenters. The van der Waals surface area contributed by atoms with Gasteiger partial charge in [0.25, 0.3) is 0 Å². The van der Waals surface area contributed by atoms with Gasteiger partial charge in [-0.05, 0) is 139 Å². The number of amides is 2. The van der Waals surface area contributed by atoms with Gasteiger partial charge >= 0.3 is 24.1 Å². The molecule has 6 fully saturated rings. The van der Waals surface area contributed by atoms with Crippen molar-refractivity contribution in [2.45, 2.75) is 287 Å². The normalized spacial score (nSPS) is 35.7. The fourth-order valence-electron chi connectivity index (χ4n) is 18.7. The summed E-state index contributed by atoms with van der Waals surface area (Å²) in [6.07, 6.45) is 11.4. The number of ketones is 4. The highest BCUT2D eigenvalue weighted by molar-refractivity contribution is 6.01. The zero-order valence-electron chi connectivity index (χ0n) is 69.2. The van der Waals surface area contributed by atoms with E-state index in [1.54, 1.807) is 85.9 Å². The SMILES string of the molecule is CC[C@H]1OC(=O)[C@H](C)C(=O)[C@H](C)[C@@H](O[C@@H]2O[C@H](C)C[C@H](C)[C@H]2C)C(C)(C)C[C@@H](C)C(=O)[C@H](C)[C@H]2N(CCCCn3cnc(-c4cccnc4)c3)C(=O)O[C@]12CO.CC[C@H]1OC(=O)[C@H](C)C(=O)[C@H](C)[C@@H](O[C@@H]2O[C@H](C)C[C@H](C)[C@H]2O)C(C)(C)C[C@@H](C)C(=O)[C@H](C)[C@H]2N(CCCCn3cnc(-c4cccnc4)c3)C(=O)O[C@]12C=O. The standard InChI is InChI=1S/C43H64N4O9.C42H60N4O10/c1-11-34-43(23-48)37(47(41(52)56-43)18-13-12-17-46-22-33(45-24-46)32-15-14-16-44-21-32)29(6)35(49)26(3)20-42(9,10)38(30(7)36(50)31(8)39(51)54-34)55-40-28(5)25(2)19-27(4)53-40;1-10-32-42(22-47)36(46(40(52)56-42)17-12-11-16-45-21-31(44-23-45)30-14-13-15-43-20-30)27(5)33(48)25(3)19-41(8,9)37(28(6)35(50)29(7)38(51)54-32)55-39-34(49)24(2)18-26(4)53-39/h14-16,21-22,24-31,34,37-38,40,48H,11-13,17-20,23H2,1-10H3;13-15,20-29,32,34,36-37,39,49H,10-12,16-19H2,1-9H3/t25-,26+,27+,28+,29-,30-,31+,34+,37+,38+,40-,43+;24-,25+,26+,27-,28-,29+,32+,34+,36+,37+,39-,42+/m00/s1. The van der Waals surface area contributed by atoms with E-state index in [-0.39, 0.29) is 73.7 Å². The van der Waals surface area contributed by atoms with Crippen LogP contribution in [0.5, 0.6) is 0 Å². The first-order chi connectivity index (χ1) is 52.9. The van der Waals surface area contributed by atoms with Gasteiger partial charge in [-0.2, -0.15) is 0 Å². The molecule has 112 heavy (non-hydrogen) atoms. The van der Waals surface area contributed by atoms with Crippen molar-refractivity contribution in [3.63, 3.8) is 0 Å². The second-order valence-corrected chi connectivity index (χ2v) is 34.6. The molecule has 10 rings (SSSR count). The number of aromatic nitrogens is 6. The molecule has 6 aliphatic rings. The largest absolute Gasteiger partial charge is 0.457 e.